The monoisotopic (exact) mass is 537 g/mol. The first-order valence-corrected chi connectivity index (χ1v) is 15.1. The molecule has 0 aliphatic carbocycles. The third kappa shape index (κ3) is 5.21. The molecule has 0 amide bonds. The van der Waals surface area contributed by atoms with Gasteiger partial charge in [-0.25, -0.2) is 0 Å². The van der Waals surface area contributed by atoms with Crippen LogP contribution in [0, 0.1) is 0 Å². The van der Waals surface area contributed by atoms with Crippen LogP contribution < -0.4 is 9.80 Å². The molecule has 0 radical (unpaired) electrons. The topological polar surface area (TPSA) is 7.68 Å². The van der Waals surface area contributed by atoms with E-state index in [-0.39, 0.29) is 5.41 Å². The minimum absolute atomic E-state index is 0.0530. The van der Waals surface area contributed by atoms with E-state index in [2.05, 4.69) is 159 Å². The highest BCUT2D eigenvalue weighted by atomic mass is 15.2. The molecule has 2 aliphatic heterocycles. The molecular formula is C39H41N2+. The van der Waals surface area contributed by atoms with Crippen LogP contribution >= 0.6 is 0 Å². The summed E-state index contributed by atoms with van der Waals surface area (Å²) in [5, 5.41) is 2.81. The first-order chi connectivity index (χ1) is 20.1. The zero-order valence-corrected chi connectivity index (χ0v) is 24.6. The van der Waals surface area contributed by atoms with E-state index in [0.29, 0.717) is 6.04 Å². The SMILES string of the molecule is CCCC[NH+]1c2cccc3cccc(c23)C1/C=C/C=C/C=C/C=C1/N(Cc2ccccc2)c2ccccc2C1(C)C. The minimum Gasteiger partial charge on any atom is -0.340 e. The van der Waals surface area contributed by atoms with Crippen LogP contribution in [-0.4, -0.2) is 6.54 Å². The number of benzene rings is 4. The molecule has 1 N–H and O–H groups in total. The van der Waals surface area contributed by atoms with E-state index in [1.165, 1.54) is 57.4 Å². The number of nitrogens with one attached hydrogen (secondary N) is 1. The quantitative estimate of drug-likeness (QED) is 0.210. The largest absolute Gasteiger partial charge is 0.340 e. The van der Waals surface area contributed by atoms with Crippen LogP contribution in [0.4, 0.5) is 11.4 Å². The van der Waals surface area contributed by atoms with Crippen molar-refractivity contribution in [1.29, 1.82) is 0 Å². The Labute approximate surface area is 245 Å². The maximum atomic E-state index is 2.48. The molecule has 2 heteroatoms. The highest BCUT2D eigenvalue weighted by Gasteiger charge is 2.39. The summed E-state index contributed by atoms with van der Waals surface area (Å²) in [6.45, 7) is 8.98. The number of rotatable bonds is 9. The second kappa shape index (κ2) is 11.8. The molecule has 2 aliphatic rings. The first-order valence-electron chi connectivity index (χ1n) is 15.1. The number of allylic oxidation sites excluding steroid dienone is 7. The Morgan fingerprint density at radius 3 is 2.34 bits per heavy atom. The van der Waals surface area contributed by atoms with Gasteiger partial charge in [-0.3, -0.25) is 4.90 Å². The van der Waals surface area contributed by atoms with Gasteiger partial charge >= 0.3 is 0 Å². The van der Waals surface area contributed by atoms with E-state index in [4.69, 9.17) is 0 Å². The lowest BCUT2D eigenvalue weighted by molar-refractivity contribution is -0.854. The van der Waals surface area contributed by atoms with Crippen molar-refractivity contribution in [3.8, 4) is 0 Å². The lowest BCUT2D eigenvalue weighted by Gasteiger charge is -2.27. The summed E-state index contributed by atoms with van der Waals surface area (Å²) < 4.78 is 0. The Morgan fingerprint density at radius 2 is 1.51 bits per heavy atom. The average Bonchev–Trinajstić information content (AvgIpc) is 3.41. The van der Waals surface area contributed by atoms with Gasteiger partial charge in [0, 0.05) is 28.9 Å². The van der Waals surface area contributed by atoms with Crippen molar-refractivity contribution >= 4 is 22.1 Å². The Kier molecular flexibility index (Phi) is 7.76. The molecule has 0 fully saturated rings. The summed E-state index contributed by atoms with van der Waals surface area (Å²) in [4.78, 5) is 4.05. The van der Waals surface area contributed by atoms with Gasteiger partial charge in [-0.1, -0.05) is 136 Å². The number of anilines is 1. The van der Waals surface area contributed by atoms with Gasteiger partial charge < -0.3 is 4.90 Å². The smallest absolute Gasteiger partial charge is 0.140 e. The third-order valence-electron chi connectivity index (χ3n) is 8.78. The molecule has 0 saturated carbocycles. The first kappa shape index (κ1) is 27.1. The van der Waals surface area contributed by atoms with Crippen LogP contribution in [0.25, 0.3) is 10.8 Å². The Bertz CT molecular complexity index is 1630. The average molecular weight is 538 g/mol. The highest BCUT2D eigenvalue weighted by Crippen LogP contribution is 2.48. The van der Waals surface area contributed by atoms with E-state index in [9.17, 15) is 0 Å². The molecule has 2 heterocycles. The number of nitrogens with zero attached hydrogens (tertiary/aromatic N) is 1. The predicted octanol–water partition coefficient (Wildman–Crippen LogP) is 8.76. The minimum atomic E-state index is -0.0530. The molecule has 0 bridgehead atoms. The van der Waals surface area contributed by atoms with Gasteiger partial charge in [-0.05, 0) is 47.2 Å². The zero-order valence-electron chi connectivity index (χ0n) is 24.6. The van der Waals surface area contributed by atoms with Gasteiger partial charge in [0.1, 0.15) is 11.7 Å². The molecule has 2 unspecified atom stereocenters. The Hall–Kier alpha value is -4.14. The number of hydrogen-bond acceptors (Lipinski definition) is 1. The molecule has 206 valence electrons. The molecule has 4 aromatic rings. The summed E-state index contributed by atoms with van der Waals surface area (Å²) >= 11 is 0. The summed E-state index contributed by atoms with van der Waals surface area (Å²) in [5.74, 6) is 0. The van der Waals surface area contributed by atoms with Gasteiger partial charge in [-0.2, -0.15) is 0 Å². The van der Waals surface area contributed by atoms with Gasteiger partial charge in [0.2, 0.25) is 0 Å². The van der Waals surface area contributed by atoms with Crippen LogP contribution in [0.5, 0.6) is 0 Å². The molecule has 41 heavy (non-hydrogen) atoms. The fourth-order valence-electron chi connectivity index (χ4n) is 6.72. The van der Waals surface area contributed by atoms with Crippen molar-refractivity contribution in [2.75, 3.05) is 11.4 Å². The molecule has 2 nitrogen and oxygen atoms in total. The zero-order chi connectivity index (χ0) is 28.2. The van der Waals surface area contributed by atoms with E-state index in [0.717, 1.165) is 13.1 Å². The number of para-hydroxylation sites is 1. The van der Waals surface area contributed by atoms with Crippen LogP contribution in [-0.2, 0) is 12.0 Å². The number of unbranched alkanes of at least 4 members (excludes halogenated alkanes) is 1. The maximum Gasteiger partial charge on any atom is 0.140 e. The summed E-state index contributed by atoms with van der Waals surface area (Å²) in [6.07, 6.45) is 18.0. The number of hydrogen-bond donors (Lipinski definition) is 1. The third-order valence-corrected chi connectivity index (χ3v) is 8.78. The van der Waals surface area contributed by atoms with Crippen molar-refractivity contribution in [2.24, 2.45) is 0 Å². The molecular weight excluding hydrogens is 496 g/mol. The van der Waals surface area contributed by atoms with E-state index >= 15 is 0 Å². The molecule has 2 atom stereocenters. The van der Waals surface area contributed by atoms with Crippen LogP contribution in [0.1, 0.15) is 56.3 Å². The Balaban J connectivity index is 1.20. The lowest BCUT2D eigenvalue weighted by atomic mass is 9.84. The molecule has 0 spiro atoms. The van der Waals surface area contributed by atoms with Gasteiger partial charge in [0.05, 0.1) is 11.9 Å². The standard InChI is InChI=1S/C39H40N2/c1-4-5-28-40-34(32-22-16-20-31-21-17-26-36(40)38(31)32)24-12-7-6-8-13-27-37-39(2,3)33-23-14-15-25-35(33)41(37)29-30-18-10-9-11-19-30/h6-27,34H,4-5,28-29H2,1-3H3/p+1/b7-6+,13-8+,24-12+,37-27+. The van der Waals surface area contributed by atoms with E-state index in [1.54, 1.807) is 4.90 Å². The second-order valence-corrected chi connectivity index (χ2v) is 11.8. The normalized spacial score (nSPS) is 20.4. The van der Waals surface area contributed by atoms with Crippen molar-refractivity contribution in [3.05, 3.63) is 156 Å². The van der Waals surface area contributed by atoms with Gasteiger partial charge in [0.25, 0.3) is 0 Å². The summed E-state index contributed by atoms with van der Waals surface area (Å²) in [7, 11) is 0. The second-order valence-electron chi connectivity index (χ2n) is 11.8. The highest BCUT2D eigenvalue weighted by molar-refractivity contribution is 5.95. The fraction of sp³-hybridized carbons (Fsp3) is 0.231. The van der Waals surface area contributed by atoms with Gasteiger partial charge in [-0.15, -0.1) is 0 Å². The van der Waals surface area contributed by atoms with Crippen LogP contribution in [0.3, 0.4) is 0 Å². The molecule has 0 saturated heterocycles. The van der Waals surface area contributed by atoms with Crippen molar-refractivity contribution < 1.29 is 4.90 Å². The molecule has 4 aromatic carbocycles. The van der Waals surface area contributed by atoms with Crippen molar-refractivity contribution in [2.45, 2.75) is 51.6 Å². The van der Waals surface area contributed by atoms with E-state index < -0.39 is 0 Å². The summed E-state index contributed by atoms with van der Waals surface area (Å²) in [5.41, 5.74) is 8.20. The predicted molar refractivity (Wildman–Crippen MR) is 175 cm³/mol. The Morgan fingerprint density at radius 1 is 0.780 bits per heavy atom. The number of fused-ring (bicyclic) bond motifs is 1. The van der Waals surface area contributed by atoms with Crippen molar-refractivity contribution in [3.63, 3.8) is 0 Å². The summed E-state index contributed by atoms with van der Waals surface area (Å²) in [6, 6.07) is 33.5. The lowest BCUT2D eigenvalue weighted by Crippen LogP contribution is -3.06. The van der Waals surface area contributed by atoms with Gasteiger partial charge in [0.15, 0.2) is 0 Å². The molecule has 0 aromatic heterocycles. The number of quaternary nitrogens is 1. The van der Waals surface area contributed by atoms with Crippen LogP contribution in [0.2, 0.25) is 0 Å². The fourth-order valence-corrected chi connectivity index (χ4v) is 6.72. The van der Waals surface area contributed by atoms with Crippen molar-refractivity contribution in [1.82, 2.24) is 0 Å². The van der Waals surface area contributed by atoms with E-state index in [1.807, 2.05) is 0 Å². The molecule has 6 rings (SSSR count). The maximum absolute atomic E-state index is 2.48. The van der Waals surface area contributed by atoms with Crippen LogP contribution in [0.15, 0.2) is 139 Å².